The molecule has 29 heavy (non-hydrogen) atoms. The van der Waals surface area contributed by atoms with Gasteiger partial charge < -0.3 is 5.32 Å². The van der Waals surface area contributed by atoms with E-state index in [9.17, 15) is 9.18 Å². The van der Waals surface area contributed by atoms with Gasteiger partial charge in [0.2, 0.25) is 5.91 Å². The molecule has 5 rings (SSSR count). The summed E-state index contributed by atoms with van der Waals surface area (Å²) in [6.07, 6.45) is 7.51. The van der Waals surface area contributed by atoms with Gasteiger partial charge in [0.05, 0.1) is 5.69 Å². The molecule has 0 spiro atoms. The fourth-order valence-corrected chi connectivity index (χ4v) is 3.76. The van der Waals surface area contributed by atoms with Crippen molar-refractivity contribution in [2.45, 2.75) is 12.3 Å². The van der Waals surface area contributed by atoms with Crippen molar-refractivity contribution in [3.05, 3.63) is 90.8 Å². The van der Waals surface area contributed by atoms with E-state index < -0.39 is 5.82 Å². The maximum absolute atomic E-state index is 14.7. The number of halogens is 1. The van der Waals surface area contributed by atoms with E-state index in [0.717, 1.165) is 23.1 Å². The third-order valence-corrected chi connectivity index (χ3v) is 5.47. The Bertz CT molecular complexity index is 1190. The number of aromatic nitrogens is 2. The van der Waals surface area contributed by atoms with Crippen molar-refractivity contribution in [2.24, 2.45) is 5.92 Å². The molecule has 2 aromatic heterocycles. The summed E-state index contributed by atoms with van der Waals surface area (Å²) in [7, 11) is 0. The van der Waals surface area contributed by atoms with Gasteiger partial charge in [0, 0.05) is 41.5 Å². The van der Waals surface area contributed by atoms with Gasteiger partial charge in [-0.05, 0) is 47.2 Å². The quantitative estimate of drug-likeness (QED) is 0.528. The van der Waals surface area contributed by atoms with Crippen molar-refractivity contribution in [1.29, 1.82) is 0 Å². The summed E-state index contributed by atoms with van der Waals surface area (Å²) < 4.78 is 14.7. The molecular weight excluding hydrogens is 365 g/mol. The van der Waals surface area contributed by atoms with E-state index in [4.69, 9.17) is 0 Å². The SMILES string of the molecule is O=C(Nc1ccc2cnccc2c1F)[C@@H]1C[C@H]1c1ccc(-c2cccnc2)cc1. The van der Waals surface area contributed by atoms with Crippen LogP contribution in [0.3, 0.4) is 0 Å². The highest BCUT2D eigenvalue weighted by Gasteiger charge is 2.44. The third kappa shape index (κ3) is 3.36. The second kappa shape index (κ2) is 7.09. The maximum atomic E-state index is 14.7. The van der Waals surface area contributed by atoms with E-state index in [1.54, 1.807) is 36.8 Å². The lowest BCUT2D eigenvalue weighted by molar-refractivity contribution is -0.117. The van der Waals surface area contributed by atoms with Gasteiger partial charge in [-0.2, -0.15) is 0 Å². The van der Waals surface area contributed by atoms with Crippen LogP contribution in [0.5, 0.6) is 0 Å². The van der Waals surface area contributed by atoms with E-state index >= 15 is 0 Å². The monoisotopic (exact) mass is 383 g/mol. The molecule has 2 heterocycles. The van der Waals surface area contributed by atoms with Crippen LogP contribution in [0.2, 0.25) is 0 Å². The van der Waals surface area contributed by atoms with Gasteiger partial charge in [-0.3, -0.25) is 14.8 Å². The number of carbonyl (C=O) groups is 1. The van der Waals surface area contributed by atoms with Crippen LogP contribution in [0, 0.1) is 11.7 Å². The van der Waals surface area contributed by atoms with Gasteiger partial charge in [-0.15, -0.1) is 0 Å². The molecule has 142 valence electrons. The molecule has 5 heteroatoms. The van der Waals surface area contributed by atoms with Crippen molar-refractivity contribution in [2.75, 3.05) is 5.32 Å². The molecule has 2 aromatic carbocycles. The normalized spacial score (nSPS) is 17.8. The highest BCUT2D eigenvalue weighted by atomic mass is 19.1. The predicted octanol–water partition coefficient (Wildman–Crippen LogP) is 5.18. The van der Waals surface area contributed by atoms with E-state index in [0.29, 0.717) is 10.8 Å². The Morgan fingerprint density at radius 2 is 1.76 bits per heavy atom. The van der Waals surface area contributed by atoms with Crippen LogP contribution in [-0.2, 0) is 4.79 Å². The fourth-order valence-electron chi connectivity index (χ4n) is 3.76. The van der Waals surface area contributed by atoms with Crippen LogP contribution < -0.4 is 5.32 Å². The Kier molecular flexibility index (Phi) is 4.28. The van der Waals surface area contributed by atoms with E-state index in [1.807, 2.05) is 18.3 Å². The molecule has 1 amide bonds. The molecule has 0 bridgehead atoms. The second-order valence-electron chi connectivity index (χ2n) is 7.33. The van der Waals surface area contributed by atoms with Gasteiger partial charge >= 0.3 is 0 Å². The number of hydrogen-bond donors (Lipinski definition) is 1. The molecule has 0 saturated heterocycles. The van der Waals surface area contributed by atoms with Gasteiger partial charge in [0.15, 0.2) is 5.82 Å². The molecular formula is C24H18FN3O. The summed E-state index contributed by atoms with van der Waals surface area (Å²) in [6.45, 7) is 0. The van der Waals surface area contributed by atoms with E-state index in [2.05, 4.69) is 39.6 Å². The minimum absolute atomic E-state index is 0.133. The lowest BCUT2D eigenvalue weighted by Crippen LogP contribution is -2.15. The largest absolute Gasteiger partial charge is 0.323 e. The zero-order valence-corrected chi connectivity index (χ0v) is 15.5. The topological polar surface area (TPSA) is 54.9 Å². The number of nitrogens with one attached hydrogen (secondary N) is 1. The van der Waals surface area contributed by atoms with Crippen LogP contribution in [0.15, 0.2) is 79.4 Å². The lowest BCUT2D eigenvalue weighted by Gasteiger charge is -2.09. The Hall–Kier alpha value is -3.60. The number of benzene rings is 2. The number of nitrogens with zero attached hydrogens (tertiary/aromatic N) is 2. The first-order valence-electron chi connectivity index (χ1n) is 9.54. The number of hydrogen-bond acceptors (Lipinski definition) is 3. The Balaban J connectivity index is 1.29. The van der Waals surface area contributed by atoms with Crippen molar-refractivity contribution in [3.8, 4) is 11.1 Å². The number of anilines is 1. The maximum Gasteiger partial charge on any atom is 0.228 e. The highest BCUT2D eigenvalue weighted by molar-refractivity contribution is 5.97. The third-order valence-electron chi connectivity index (χ3n) is 5.47. The van der Waals surface area contributed by atoms with Gasteiger partial charge in [0.1, 0.15) is 0 Å². The van der Waals surface area contributed by atoms with Crippen molar-refractivity contribution >= 4 is 22.4 Å². The molecule has 0 radical (unpaired) electrons. The van der Waals surface area contributed by atoms with E-state index in [1.165, 1.54) is 0 Å². The molecule has 2 atom stereocenters. The molecule has 1 fully saturated rings. The summed E-state index contributed by atoms with van der Waals surface area (Å²) in [5.41, 5.74) is 3.50. The highest BCUT2D eigenvalue weighted by Crippen LogP contribution is 2.48. The zero-order valence-electron chi connectivity index (χ0n) is 15.5. The summed E-state index contributed by atoms with van der Waals surface area (Å²) in [4.78, 5) is 20.8. The number of amides is 1. The average Bonchev–Trinajstić information content (AvgIpc) is 3.58. The standard InChI is InChI=1S/C24H18FN3O/c25-23-19-9-11-27-14-18(19)7-8-22(23)28-24(29)21-12-20(21)16-5-3-15(4-6-16)17-2-1-10-26-13-17/h1-11,13-14,20-21H,12H2,(H,28,29)/t20-,21+/m0/s1. The van der Waals surface area contributed by atoms with Crippen LogP contribution in [0.25, 0.3) is 21.9 Å². The van der Waals surface area contributed by atoms with Gasteiger partial charge in [-0.25, -0.2) is 4.39 Å². The first-order chi connectivity index (χ1) is 14.2. The first-order valence-corrected chi connectivity index (χ1v) is 9.54. The summed E-state index contributed by atoms with van der Waals surface area (Å²) in [6, 6.07) is 17.1. The zero-order chi connectivity index (χ0) is 19.8. The molecule has 1 N–H and O–H groups in total. The molecule has 0 aliphatic heterocycles. The minimum Gasteiger partial charge on any atom is -0.323 e. The van der Waals surface area contributed by atoms with Crippen molar-refractivity contribution in [1.82, 2.24) is 9.97 Å². The summed E-state index contributed by atoms with van der Waals surface area (Å²) >= 11 is 0. The molecule has 1 aliphatic carbocycles. The Morgan fingerprint density at radius 3 is 2.55 bits per heavy atom. The smallest absolute Gasteiger partial charge is 0.228 e. The van der Waals surface area contributed by atoms with Gasteiger partial charge in [-0.1, -0.05) is 36.4 Å². The van der Waals surface area contributed by atoms with E-state index in [-0.39, 0.29) is 23.4 Å². The summed E-state index contributed by atoms with van der Waals surface area (Å²) in [5.74, 6) is -0.521. The minimum atomic E-state index is -0.420. The molecule has 0 unspecified atom stereocenters. The first kappa shape index (κ1) is 17.5. The number of pyridine rings is 2. The molecule has 1 saturated carbocycles. The number of rotatable bonds is 4. The van der Waals surface area contributed by atoms with Crippen molar-refractivity contribution < 1.29 is 9.18 Å². The van der Waals surface area contributed by atoms with Gasteiger partial charge in [0.25, 0.3) is 0 Å². The average molecular weight is 383 g/mol. The lowest BCUT2D eigenvalue weighted by atomic mass is 10.0. The summed E-state index contributed by atoms with van der Waals surface area (Å²) in [5, 5.41) is 3.92. The van der Waals surface area contributed by atoms with Crippen LogP contribution in [0.4, 0.5) is 10.1 Å². The van der Waals surface area contributed by atoms with Crippen LogP contribution in [-0.4, -0.2) is 15.9 Å². The fraction of sp³-hybridized carbons (Fsp3) is 0.125. The van der Waals surface area contributed by atoms with Crippen molar-refractivity contribution in [3.63, 3.8) is 0 Å². The van der Waals surface area contributed by atoms with Crippen LogP contribution >= 0.6 is 0 Å². The number of carbonyl (C=O) groups excluding carboxylic acids is 1. The second-order valence-corrected chi connectivity index (χ2v) is 7.33. The Labute approximate surface area is 167 Å². The Morgan fingerprint density at radius 1 is 0.931 bits per heavy atom. The predicted molar refractivity (Wildman–Crippen MR) is 111 cm³/mol. The van der Waals surface area contributed by atoms with Crippen LogP contribution in [0.1, 0.15) is 17.9 Å². The number of fused-ring (bicyclic) bond motifs is 1. The molecule has 4 aromatic rings. The molecule has 4 nitrogen and oxygen atoms in total. The molecule has 1 aliphatic rings.